The first-order valence-electron chi connectivity index (χ1n) is 8.01. The van der Waals surface area contributed by atoms with Gasteiger partial charge in [0, 0.05) is 25.8 Å². The van der Waals surface area contributed by atoms with E-state index in [0.717, 1.165) is 12.1 Å². The minimum absolute atomic E-state index is 0.0833. The van der Waals surface area contributed by atoms with Gasteiger partial charge in [-0.25, -0.2) is 0 Å². The Labute approximate surface area is 139 Å². The van der Waals surface area contributed by atoms with E-state index in [1.54, 1.807) is 28.3 Å². The summed E-state index contributed by atoms with van der Waals surface area (Å²) in [5.41, 5.74) is 1.34. The summed E-state index contributed by atoms with van der Waals surface area (Å²) >= 11 is 0. The molecular formula is C17H17N5O2. The number of amides is 2. The summed E-state index contributed by atoms with van der Waals surface area (Å²) in [7, 11) is 0. The third-order valence-electron chi connectivity index (χ3n) is 4.82. The molecule has 0 aliphatic carbocycles. The van der Waals surface area contributed by atoms with E-state index in [1.807, 2.05) is 12.1 Å². The molecule has 122 valence electrons. The zero-order chi connectivity index (χ0) is 16.5. The fraction of sp³-hybridized carbons (Fsp3) is 0.353. The number of nitrogens with zero attached hydrogens (tertiary/aromatic N) is 5. The fourth-order valence-corrected chi connectivity index (χ4v) is 3.58. The molecule has 7 nitrogen and oxygen atoms in total. The molecule has 2 aliphatic rings. The van der Waals surface area contributed by atoms with Crippen LogP contribution < -0.4 is 4.90 Å². The fourth-order valence-electron chi connectivity index (χ4n) is 3.58. The summed E-state index contributed by atoms with van der Waals surface area (Å²) in [5, 5.41) is 7.45. The Morgan fingerprint density at radius 1 is 1.12 bits per heavy atom. The van der Waals surface area contributed by atoms with E-state index in [1.165, 1.54) is 12.4 Å². The lowest BCUT2D eigenvalue weighted by molar-refractivity contribution is -0.124. The second-order valence-electron chi connectivity index (χ2n) is 6.20. The number of aromatic nitrogens is 3. The molecule has 4 heterocycles. The van der Waals surface area contributed by atoms with E-state index >= 15 is 0 Å². The SMILES string of the molecule is O=C(c1ccnnc1)N1CC2CCN(c3cccnc3)C(=O)C2C1. The van der Waals surface area contributed by atoms with Crippen molar-refractivity contribution in [1.29, 1.82) is 0 Å². The number of hydrogen-bond acceptors (Lipinski definition) is 5. The van der Waals surface area contributed by atoms with Gasteiger partial charge in [-0.1, -0.05) is 0 Å². The Morgan fingerprint density at radius 3 is 2.79 bits per heavy atom. The standard InChI is InChI=1S/C17H17N5O2/c23-16(12-3-6-19-20-8-12)21-10-13-4-7-22(17(24)15(13)11-21)14-2-1-5-18-9-14/h1-3,5-6,8-9,13,15H,4,7,10-11H2. The molecule has 2 fully saturated rings. The Kier molecular flexibility index (Phi) is 3.68. The Hall–Kier alpha value is -2.83. The minimum Gasteiger partial charge on any atom is -0.337 e. The quantitative estimate of drug-likeness (QED) is 0.824. The minimum atomic E-state index is -0.141. The van der Waals surface area contributed by atoms with Gasteiger partial charge in [-0.15, -0.1) is 0 Å². The number of carbonyl (C=O) groups excluding carboxylic acids is 2. The molecule has 0 spiro atoms. The number of fused-ring (bicyclic) bond motifs is 1. The summed E-state index contributed by atoms with van der Waals surface area (Å²) < 4.78 is 0. The van der Waals surface area contributed by atoms with Crippen molar-refractivity contribution in [2.45, 2.75) is 6.42 Å². The Balaban J connectivity index is 1.51. The number of pyridine rings is 1. The van der Waals surface area contributed by atoms with Gasteiger partial charge in [-0.2, -0.15) is 10.2 Å². The molecule has 2 atom stereocenters. The van der Waals surface area contributed by atoms with Gasteiger partial charge in [-0.3, -0.25) is 14.6 Å². The summed E-state index contributed by atoms with van der Waals surface area (Å²) in [5.74, 6) is 0.0873. The molecule has 2 aliphatic heterocycles. The van der Waals surface area contributed by atoms with Gasteiger partial charge in [0.05, 0.1) is 35.8 Å². The number of rotatable bonds is 2. The van der Waals surface area contributed by atoms with E-state index < -0.39 is 0 Å². The number of hydrogen-bond donors (Lipinski definition) is 0. The van der Waals surface area contributed by atoms with Crippen LogP contribution >= 0.6 is 0 Å². The number of likely N-dealkylation sites (tertiary alicyclic amines) is 1. The van der Waals surface area contributed by atoms with Gasteiger partial charge in [0.1, 0.15) is 0 Å². The predicted octanol–water partition coefficient (Wildman–Crippen LogP) is 0.997. The first-order valence-corrected chi connectivity index (χ1v) is 8.01. The van der Waals surface area contributed by atoms with Gasteiger partial charge >= 0.3 is 0 Å². The van der Waals surface area contributed by atoms with Crippen LogP contribution in [0.1, 0.15) is 16.8 Å². The average molecular weight is 323 g/mol. The van der Waals surface area contributed by atoms with Crippen LogP contribution in [0, 0.1) is 11.8 Å². The lowest BCUT2D eigenvalue weighted by Gasteiger charge is -2.33. The van der Waals surface area contributed by atoms with E-state index in [9.17, 15) is 9.59 Å². The maximum absolute atomic E-state index is 12.8. The van der Waals surface area contributed by atoms with E-state index in [-0.39, 0.29) is 23.7 Å². The van der Waals surface area contributed by atoms with Crippen molar-refractivity contribution < 1.29 is 9.59 Å². The lowest BCUT2D eigenvalue weighted by Crippen LogP contribution is -2.45. The van der Waals surface area contributed by atoms with Crippen LogP contribution in [-0.4, -0.2) is 51.5 Å². The van der Waals surface area contributed by atoms with Crippen LogP contribution in [-0.2, 0) is 4.79 Å². The van der Waals surface area contributed by atoms with Crippen LogP contribution in [0.4, 0.5) is 5.69 Å². The third kappa shape index (κ3) is 2.51. The first-order chi connectivity index (χ1) is 11.7. The number of anilines is 1. The molecule has 0 radical (unpaired) electrons. The number of piperidine rings is 1. The van der Waals surface area contributed by atoms with Crippen molar-refractivity contribution in [1.82, 2.24) is 20.1 Å². The third-order valence-corrected chi connectivity index (χ3v) is 4.82. The van der Waals surface area contributed by atoms with Gasteiger partial charge in [-0.05, 0) is 30.5 Å². The molecular weight excluding hydrogens is 306 g/mol. The molecule has 7 heteroatoms. The molecule has 2 unspecified atom stereocenters. The summed E-state index contributed by atoms with van der Waals surface area (Å²) in [6.45, 7) is 1.75. The summed E-state index contributed by atoms with van der Waals surface area (Å²) in [6, 6.07) is 5.38. The smallest absolute Gasteiger partial charge is 0.255 e. The van der Waals surface area contributed by atoms with Crippen molar-refractivity contribution in [2.75, 3.05) is 24.5 Å². The lowest BCUT2D eigenvalue weighted by atomic mass is 9.88. The van der Waals surface area contributed by atoms with Crippen LogP contribution in [0.3, 0.4) is 0 Å². The van der Waals surface area contributed by atoms with Gasteiger partial charge in [0.2, 0.25) is 5.91 Å². The van der Waals surface area contributed by atoms with Gasteiger partial charge < -0.3 is 9.80 Å². The van der Waals surface area contributed by atoms with E-state index in [0.29, 0.717) is 25.2 Å². The topological polar surface area (TPSA) is 79.3 Å². The average Bonchev–Trinajstić information content (AvgIpc) is 3.08. The highest BCUT2D eigenvalue weighted by molar-refractivity contribution is 5.98. The summed E-state index contributed by atoms with van der Waals surface area (Å²) in [4.78, 5) is 33.1. The molecule has 0 N–H and O–H groups in total. The maximum Gasteiger partial charge on any atom is 0.255 e. The molecule has 24 heavy (non-hydrogen) atoms. The zero-order valence-corrected chi connectivity index (χ0v) is 13.1. The molecule has 4 rings (SSSR count). The van der Waals surface area contributed by atoms with Crippen LogP contribution in [0.15, 0.2) is 43.0 Å². The highest BCUT2D eigenvalue weighted by atomic mass is 16.2. The molecule has 0 bridgehead atoms. The zero-order valence-electron chi connectivity index (χ0n) is 13.1. The Bertz CT molecular complexity index is 752. The van der Waals surface area contributed by atoms with Crippen LogP contribution in [0.5, 0.6) is 0 Å². The van der Waals surface area contributed by atoms with Crippen molar-refractivity contribution in [3.05, 3.63) is 48.5 Å². The first kappa shape index (κ1) is 14.7. The van der Waals surface area contributed by atoms with Crippen molar-refractivity contribution in [2.24, 2.45) is 11.8 Å². The predicted molar refractivity (Wildman–Crippen MR) is 86.1 cm³/mol. The summed E-state index contributed by atoms with van der Waals surface area (Å²) in [6.07, 6.45) is 7.27. The van der Waals surface area contributed by atoms with Crippen molar-refractivity contribution in [3.63, 3.8) is 0 Å². The van der Waals surface area contributed by atoms with Gasteiger partial charge in [0.25, 0.3) is 5.91 Å². The van der Waals surface area contributed by atoms with Gasteiger partial charge in [0.15, 0.2) is 0 Å². The van der Waals surface area contributed by atoms with Crippen molar-refractivity contribution in [3.8, 4) is 0 Å². The molecule has 2 aromatic heterocycles. The Morgan fingerprint density at radius 2 is 2.04 bits per heavy atom. The van der Waals surface area contributed by atoms with Crippen LogP contribution in [0.2, 0.25) is 0 Å². The molecule has 0 saturated carbocycles. The normalized spacial score (nSPS) is 23.2. The second-order valence-corrected chi connectivity index (χ2v) is 6.20. The van der Waals surface area contributed by atoms with Crippen molar-refractivity contribution >= 4 is 17.5 Å². The maximum atomic E-state index is 12.8. The monoisotopic (exact) mass is 323 g/mol. The molecule has 2 aromatic rings. The highest BCUT2D eigenvalue weighted by Gasteiger charge is 2.44. The van der Waals surface area contributed by atoms with Crippen LogP contribution in [0.25, 0.3) is 0 Å². The molecule has 0 aromatic carbocycles. The largest absolute Gasteiger partial charge is 0.337 e. The number of carbonyl (C=O) groups is 2. The highest BCUT2D eigenvalue weighted by Crippen LogP contribution is 2.34. The van der Waals surface area contributed by atoms with E-state index in [2.05, 4.69) is 15.2 Å². The van der Waals surface area contributed by atoms with E-state index in [4.69, 9.17) is 0 Å². The second kappa shape index (κ2) is 5.99. The molecule has 2 saturated heterocycles. The molecule has 2 amide bonds.